The highest BCUT2D eigenvalue weighted by Crippen LogP contribution is 2.15. The van der Waals surface area contributed by atoms with Gasteiger partial charge in [0, 0.05) is 0 Å². The Morgan fingerprint density at radius 2 is 0.704 bits per heavy atom. The summed E-state index contributed by atoms with van der Waals surface area (Å²) in [6, 6.07) is 0. The van der Waals surface area contributed by atoms with Gasteiger partial charge in [0.05, 0.1) is 6.54 Å². The molecule has 0 saturated carbocycles. The quantitative estimate of drug-likeness (QED) is 0.0796. The van der Waals surface area contributed by atoms with Crippen LogP contribution in [0.15, 0.2) is 4.99 Å². The van der Waals surface area contributed by atoms with Gasteiger partial charge in [0.2, 0.25) is 6.08 Å². The third-order valence-electron chi connectivity index (χ3n) is 5.49. The van der Waals surface area contributed by atoms with Gasteiger partial charge in [-0.1, -0.05) is 122 Å². The lowest BCUT2D eigenvalue weighted by atomic mass is 10.0. The van der Waals surface area contributed by atoms with Gasteiger partial charge in [0.15, 0.2) is 0 Å². The summed E-state index contributed by atoms with van der Waals surface area (Å²) >= 11 is 4.26. The van der Waals surface area contributed by atoms with Gasteiger partial charge in [-0.05, 0) is 18.6 Å². The maximum absolute atomic E-state index is 9.93. The van der Waals surface area contributed by atoms with Crippen LogP contribution in [0.5, 0.6) is 0 Å². The van der Waals surface area contributed by atoms with E-state index < -0.39 is 0 Å². The van der Waals surface area contributed by atoms with Crippen LogP contribution in [0, 0.1) is 0 Å². The van der Waals surface area contributed by atoms with Crippen LogP contribution in [0.2, 0.25) is 0 Å². The zero-order valence-corrected chi connectivity index (χ0v) is 19.0. The minimum Gasteiger partial charge on any atom is -0.211 e. The molecule has 0 amide bonds. The standard InChI is InChI=1S/C24H47NOS/c26-24-25-22-20-18-16-14-12-10-8-6-4-2-1-3-5-7-9-11-13-15-17-19-21-23-27/h27H,1-23H2. The van der Waals surface area contributed by atoms with Gasteiger partial charge in [-0.3, -0.25) is 0 Å². The molecule has 2 nitrogen and oxygen atoms in total. The van der Waals surface area contributed by atoms with Gasteiger partial charge >= 0.3 is 0 Å². The van der Waals surface area contributed by atoms with E-state index in [1.165, 1.54) is 128 Å². The van der Waals surface area contributed by atoms with E-state index in [2.05, 4.69) is 17.6 Å². The third kappa shape index (κ3) is 25.7. The molecular formula is C24H47NOS. The largest absolute Gasteiger partial charge is 0.234 e. The van der Waals surface area contributed by atoms with Crippen LogP contribution >= 0.6 is 12.6 Å². The molecule has 0 unspecified atom stereocenters. The van der Waals surface area contributed by atoms with Gasteiger partial charge in [-0.15, -0.1) is 0 Å². The van der Waals surface area contributed by atoms with E-state index >= 15 is 0 Å². The number of hydrogen-bond acceptors (Lipinski definition) is 3. The van der Waals surface area contributed by atoms with Crippen molar-refractivity contribution in [3.8, 4) is 0 Å². The average molecular weight is 398 g/mol. The molecule has 0 aliphatic rings. The molecular weight excluding hydrogens is 350 g/mol. The van der Waals surface area contributed by atoms with Crippen molar-refractivity contribution in [3.63, 3.8) is 0 Å². The molecule has 27 heavy (non-hydrogen) atoms. The summed E-state index contributed by atoms with van der Waals surface area (Å²) in [5, 5.41) is 0. The summed E-state index contributed by atoms with van der Waals surface area (Å²) in [6.45, 7) is 0.667. The van der Waals surface area contributed by atoms with E-state index in [4.69, 9.17) is 0 Å². The lowest BCUT2D eigenvalue weighted by Crippen LogP contribution is -1.85. The van der Waals surface area contributed by atoms with Crippen molar-refractivity contribution in [2.75, 3.05) is 12.3 Å². The monoisotopic (exact) mass is 397 g/mol. The molecule has 0 aliphatic heterocycles. The van der Waals surface area contributed by atoms with Crippen LogP contribution < -0.4 is 0 Å². The van der Waals surface area contributed by atoms with Crippen LogP contribution in [0.25, 0.3) is 0 Å². The van der Waals surface area contributed by atoms with Crippen molar-refractivity contribution in [2.45, 2.75) is 135 Å². The molecule has 0 aromatic carbocycles. The van der Waals surface area contributed by atoms with Crippen molar-refractivity contribution in [1.82, 2.24) is 0 Å². The molecule has 0 saturated heterocycles. The molecule has 0 spiro atoms. The predicted molar refractivity (Wildman–Crippen MR) is 124 cm³/mol. The molecule has 0 aliphatic carbocycles. The second kappa shape index (κ2) is 25.7. The van der Waals surface area contributed by atoms with Crippen LogP contribution in [0.1, 0.15) is 135 Å². The number of carbonyl (C=O) groups excluding carboxylic acids is 1. The summed E-state index contributed by atoms with van der Waals surface area (Å²) in [6.07, 6.45) is 30.7. The minimum absolute atomic E-state index is 0.667. The summed E-state index contributed by atoms with van der Waals surface area (Å²) in [4.78, 5) is 13.5. The number of aliphatic imine (C=N–C) groups is 1. The molecule has 0 aromatic heterocycles. The maximum Gasteiger partial charge on any atom is 0.234 e. The second-order valence-electron chi connectivity index (χ2n) is 8.12. The highest BCUT2D eigenvalue weighted by atomic mass is 32.1. The Morgan fingerprint density at radius 1 is 0.444 bits per heavy atom. The molecule has 0 radical (unpaired) electrons. The fourth-order valence-electron chi connectivity index (χ4n) is 3.71. The molecule has 0 fully saturated rings. The van der Waals surface area contributed by atoms with Crippen molar-refractivity contribution < 1.29 is 4.79 Å². The van der Waals surface area contributed by atoms with Crippen LogP contribution in [-0.2, 0) is 4.79 Å². The zero-order chi connectivity index (χ0) is 19.7. The summed E-state index contributed by atoms with van der Waals surface area (Å²) in [5.41, 5.74) is 0. The van der Waals surface area contributed by atoms with Crippen LogP contribution in [0.4, 0.5) is 0 Å². The first-order chi connectivity index (χ1) is 13.4. The second-order valence-corrected chi connectivity index (χ2v) is 8.57. The first-order valence-corrected chi connectivity index (χ1v) is 12.7. The number of isocyanates is 1. The topological polar surface area (TPSA) is 29.4 Å². The van der Waals surface area contributed by atoms with E-state index in [9.17, 15) is 4.79 Å². The third-order valence-corrected chi connectivity index (χ3v) is 5.81. The summed E-state index contributed by atoms with van der Waals surface area (Å²) in [7, 11) is 0. The zero-order valence-electron chi connectivity index (χ0n) is 18.1. The highest BCUT2D eigenvalue weighted by Gasteiger charge is 1.95. The summed E-state index contributed by atoms with van der Waals surface area (Å²) < 4.78 is 0. The van der Waals surface area contributed by atoms with Crippen LogP contribution in [0.3, 0.4) is 0 Å². The molecule has 3 heteroatoms. The lowest BCUT2D eigenvalue weighted by Gasteiger charge is -2.04. The van der Waals surface area contributed by atoms with E-state index in [1.54, 1.807) is 6.08 Å². The minimum atomic E-state index is 0.667. The Bertz CT molecular complexity index is 316. The fraction of sp³-hybridized carbons (Fsp3) is 0.958. The SMILES string of the molecule is O=C=NCCCCCCCCCCCCCCCCCCCCCCCS. The average Bonchev–Trinajstić information content (AvgIpc) is 2.68. The Kier molecular flexibility index (Phi) is 25.5. The molecule has 0 bridgehead atoms. The van der Waals surface area contributed by atoms with Crippen molar-refractivity contribution >= 4 is 18.7 Å². The first kappa shape index (κ1) is 26.7. The van der Waals surface area contributed by atoms with Gasteiger partial charge in [0.1, 0.15) is 0 Å². The van der Waals surface area contributed by atoms with Gasteiger partial charge in [-0.2, -0.15) is 12.6 Å². The van der Waals surface area contributed by atoms with E-state index in [-0.39, 0.29) is 0 Å². The molecule has 0 rings (SSSR count). The molecule has 0 atom stereocenters. The maximum atomic E-state index is 9.93. The molecule has 0 N–H and O–H groups in total. The smallest absolute Gasteiger partial charge is 0.211 e. The first-order valence-electron chi connectivity index (χ1n) is 12.1. The van der Waals surface area contributed by atoms with E-state index in [1.807, 2.05) is 0 Å². The number of unbranched alkanes of at least 4 members (excludes halogenated alkanes) is 20. The Labute approximate surface area is 175 Å². The highest BCUT2D eigenvalue weighted by molar-refractivity contribution is 7.80. The Balaban J connectivity index is 2.98. The molecule has 160 valence electrons. The summed E-state index contributed by atoms with van der Waals surface area (Å²) in [5.74, 6) is 1.06. The van der Waals surface area contributed by atoms with Crippen molar-refractivity contribution in [1.29, 1.82) is 0 Å². The van der Waals surface area contributed by atoms with Crippen LogP contribution in [-0.4, -0.2) is 18.4 Å². The molecule has 0 aromatic rings. The normalized spacial score (nSPS) is 10.9. The van der Waals surface area contributed by atoms with Crippen molar-refractivity contribution in [3.05, 3.63) is 0 Å². The van der Waals surface area contributed by atoms with Gasteiger partial charge in [0.25, 0.3) is 0 Å². The number of nitrogens with zero attached hydrogens (tertiary/aromatic N) is 1. The fourth-order valence-corrected chi connectivity index (χ4v) is 3.93. The number of hydrogen-bond donors (Lipinski definition) is 1. The number of rotatable bonds is 23. The number of thiol groups is 1. The van der Waals surface area contributed by atoms with E-state index in [0.29, 0.717) is 6.54 Å². The Hall–Kier alpha value is -0.270. The molecule has 0 heterocycles. The van der Waals surface area contributed by atoms with E-state index in [0.717, 1.165) is 12.2 Å². The lowest BCUT2D eigenvalue weighted by molar-refractivity contribution is 0.520. The predicted octanol–water partition coefficient (Wildman–Crippen LogP) is 8.44. The van der Waals surface area contributed by atoms with Gasteiger partial charge in [-0.25, -0.2) is 9.79 Å². The Morgan fingerprint density at radius 3 is 0.963 bits per heavy atom. The van der Waals surface area contributed by atoms with Crippen molar-refractivity contribution in [2.24, 2.45) is 4.99 Å². The van der Waals surface area contributed by atoms with Gasteiger partial charge < -0.3 is 0 Å².